The van der Waals surface area contributed by atoms with Crippen molar-refractivity contribution < 1.29 is 0 Å². The first-order chi connectivity index (χ1) is 23.6. The van der Waals surface area contributed by atoms with Gasteiger partial charge in [0.2, 0.25) is 0 Å². The Balaban J connectivity index is 1.53. The topological polar surface area (TPSA) is 38.7 Å². The third kappa shape index (κ3) is 7.84. The van der Waals surface area contributed by atoms with E-state index in [1.165, 1.54) is 38.3 Å². The predicted molar refractivity (Wildman–Crippen MR) is 225 cm³/mol. The van der Waals surface area contributed by atoms with Crippen molar-refractivity contribution in [3.8, 4) is 53.7 Å². The average molecular weight is 732 g/mol. The van der Waals surface area contributed by atoms with Crippen LogP contribution in [0, 0.1) is 13.8 Å². The molecule has 6 aromatic rings. The smallest absolute Gasteiger partial charge is 0.124 e. The lowest BCUT2D eigenvalue weighted by molar-refractivity contribution is 0.568. The largest absolute Gasteiger partial charge is 0.235 e. The van der Waals surface area contributed by atoms with Crippen LogP contribution in [0.4, 0.5) is 0 Å². The van der Waals surface area contributed by atoms with Crippen molar-refractivity contribution in [2.45, 2.75) is 119 Å². The van der Waals surface area contributed by atoms with Crippen LogP contribution < -0.4 is 0 Å². The second-order valence-corrected chi connectivity index (χ2v) is 21.4. The molecule has 0 aliphatic heterocycles. The summed E-state index contributed by atoms with van der Waals surface area (Å²) in [6, 6.07) is 24.6. The Morgan fingerprint density at radius 2 is 0.745 bits per heavy atom. The van der Waals surface area contributed by atoms with Gasteiger partial charge in [0.25, 0.3) is 0 Å². The summed E-state index contributed by atoms with van der Waals surface area (Å²) in [6.07, 6.45) is 0. The van der Waals surface area contributed by atoms with E-state index >= 15 is 0 Å². The molecule has 3 nitrogen and oxygen atoms in total. The van der Waals surface area contributed by atoms with Gasteiger partial charge in [-0.2, -0.15) is 0 Å². The third-order valence-corrected chi connectivity index (χ3v) is 12.7. The number of thiazole rings is 3. The van der Waals surface area contributed by atoms with Gasteiger partial charge in [-0.3, -0.25) is 0 Å². The van der Waals surface area contributed by atoms with Crippen molar-refractivity contribution in [1.29, 1.82) is 0 Å². The minimum atomic E-state index is 0.0255. The van der Waals surface area contributed by atoms with E-state index in [2.05, 4.69) is 164 Å². The van der Waals surface area contributed by atoms with Crippen molar-refractivity contribution in [2.24, 2.45) is 0 Å². The minimum absolute atomic E-state index is 0.0255. The van der Waals surface area contributed by atoms with Crippen LogP contribution in [-0.4, -0.2) is 15.0 Å². The van der Waals surface area contributed by atoms with Gasteiger partial charge in [-0.15, -0.1) is 34.0 Å². The summed E-state index contributed by atoms with van der Waals surface area (Å²) in [7, 11) is 0. The van der Waals surface area contributed by atoms with Gasteiger partial charge in [-0.25, -0.2) is 15.0 Å². The fourth-order valence-electron chi connectivity index (χ4n) is 6.05. The van der Waals surface area contributed by atoms with Crippen molar-refractivity contribution in [3.05, 3.63) is 98.7 Å². The molecule has 3 aromatic carbocycles. The van der Waals surface area contributed by atoms with E-state index < -0.39 is 0 Å². The van der Waals surface area contributed by atoms with Gasteiger partial charge in [0.15, 0.2) is 0 Å². The molecule has 0 aliphatic rings. The van der Waals surface area contributed by atoms with Crippen molar-refractivity contribution in [3.63, 3.8) is 0 Å². The monoisotopic (exact) mass is 731 g/mol. The van der Waals surface area contributed by atoms with E-state index in [9.17, 15) is 0 Å². The van der Waals surface area contributed by atoms with E-state index in [1.807, 2.05) is 0 Å². The number of aryl methyl sites for hydroxylation is 2. The highest BCUT2D eigenvalue weighted by atomic mass is 32.1. The summed E-state index contributed by atoms with van der Waals surface area (Å²) < 4.78 is 0. The Morgan fingerprint density at radius 3 is 1.16 bits per heavy atom. The fraction of sp³-hybridized carbons (Fsp3) is 0.400. The average Bonchev–Trinajstić information content (AvgIpc) is 3.75. The van der Waals surface area contributed by atoms with Gasteiger partial charge in [0, 0.05) is 26.4 Å². The zero-order valence-corrected chi connectivity index (χ0v) is 35.4. The lowest BCUT2D eigenvalue weighted by atomic mass is 9.79. The molecule has 0 saturated heterocycles. The van der Waals surface area contributed by atoms with E-state index in [0.29, 0.717) is 0 Å². The predicted octanol–water partition coefficient (Wildman–Crippen LogP) is 14.2. The molecule has 0 N–H and O–H groups in total. The molecule has 0 amide bonds. The lowest BCUT2D eigenvalue weighted by Crippen LogP contribution is -2.16. The number of hydrogen-bond donors (Lipinski definition) is 0. The highest BCUT2D eigenvalue weighted by Crippen LogP contribution is 2.47. The second kappa shape index (κ2) is 13.2. The molecule has 0 spiro atoms. The van der Waals surface area contributed by atoms with Crippen LogP contribution in [0.2, 0.25) is 0 Å². The number of rotatable bonds is 5. The highest BCUT2D eigenvalue weighted by molar-refractivity contribution is 7.20. The Kier molecular flexibility index (Phi) is 9.65. The Bertz CT molecular complexity index is 2000. The molecule has 0 aliphatic carbocycles. The zero-order chi connectivity index (χ0) is 37.3. The number of nitrogens with zero attached hydrogens (tertiary/aromatic N) is 3. The molecule has 3 heterocycles. The van der Waals surface area contributed by atoms with Crippen LogP contribution in [0.1, 0.15) is 115 Å². The molecule has 266 valence electrons. The first kappa shape index (κ1) is 37.3. The van der Waals surface area contributed by atoms with Crippen LogP contribution in [0.3, 0.4) is 0 Å². The summed E-state index contributed by atoms with van der Waals surface area (Å²) in [5.74, 6) is 0. The summed E-state index contributed by atoms with van der Waals surface area (Å²) in [5, 5.41) is 3.06. The van der Waals surface area contributed by atoms with Gasteiger partial charge in [-0.1, -0.05) is 126 Å². The molecule has 0 atom stereocenters. The maximum absolute atomic E-state index is 5.43. The van der Waals surface area contributed by atoms with Gasteiger partial charge in [0.05, 0.1) is 10.6 Å². The van der Waals surface area contributed by atoms with Crippen molar-refractivity contribution in [1.82, 2.24) is 15.0 Å². The second-order valence-electron chi connectivity index (χ2n) is 18.0. The zero-order valence-electron chi connectivity index (χ0n) is 32.9. The standard InChI is InChI=1S/C45H53N3S3/c1-26-35(46-40(49-26)29-20-31(42(3,4)5)24-32(21-29)43(6,7)8)37-38(51-39(48-37)28-18-16-15-17-19-28)36-27(2)50-41(47-36)30-22-33(44(9,10)11)25-34(23-30)45(12,13)14/h15-25H,1-14H3. The Hall–Kier alpha value is -3.45. The molecule has 0 radical (unpaired) electrons. The first-order valence-electron chi connectivity index (χ1n) is 17.9. The van der Waals surface area contributed by atoms with E-state index in [0.717, 1.165) is 47.4 Å². The fourth-order valence-corrected chi connectivity index (χ4v) is 9.04. The summed E-state index contributed by atoms with van der Waals surface area (Å²) >= 11 is 5.25. The molecule has 6 heteroatoms. The van der Waals surface area contributed by atoms with Crippen molar-refractivity contribution in [2.75, 3.05) is 0 Å². The maximum Gasteiger partial charge on any atom is 0.124 e. The molecule has 51 heavy (non-hydrogen) atoms. The van der Waals surface area contributed by atoms with E-state index in [1.54, 1.807) is 34.0 Å². The van der Waals surface area contributed by atoms with Gasteiger partial charge in [-0.05, 0) is 82.0 Å². The van der Waals surface area contributed by atoms with E-state index in [-0.39, 0.29) is 21.7 Å². The maximum atomic E-state index is 5.43. The van der Waals surface area contributed by atoms with Crippen LogP contribution in [0.5, 0.6) is 0 Å². The first-order valence-corrected chi connectivity index (χ1v) is 20.4. The third-order valence-electron chi connectivity index (χ3n) is 9.50. The molecule has 0 saturated carbocycles. The van der Waals surface area contributed by atoms with Crippen LogP contribution in [0.25, 0.3) is 53.7 Å². The molecular formula is C45H53N3S3. The molecule has 0 unspecified atom stereocenters. The number of hydrogen-bond acceptors (Lipinski definition) is 6. The van der Waals surface area contributed by atoms with Gasteiger partial charge < -0.3 is 0 Å². The lowest BCUT2D eigenvalue weighted by Gasteiger charge is -2.26. The normalized spacial score (nSPS) is 12.9. The molecule has 0 fully saturated rings. The van der Waals surface area contributed by atoms with Crippen molar-refractivity contribution >= 4 is 34.0 Å². The van der Waals surface area contributed by atoms with Crippen LogP contribution in [0.15, 0.2) is 66.7 Å². The highest BCUT2D eigenvalue weighted by Gasteiger charge is 2.28. The molecule has 0 bridgehead atoms. The SMILES string of the molecule is Cc1sc(-c2cc(C(C)(C)C)cc(C(C)(C)C)c2)nc1-c1nc(-c2ccccc2)sc1-c1nc(-c2cc(C(C)(C)C)cc(C(C)(C)C)c2)sc1C. The summed E-state index contributed by atoms with van der Waals surface area (Å²) in [6.45, 7) is 31.9. The Labute approximate surface area is 318 Å². The quantitative estimate of drug-likeness (QED) is 0.177. The number of benzene rings is 3. The van der Waals surface area contributed by atoms with Gasteiger partial charge >= 0.3 is 0 Å². The van der Waals surface area contributed by atoms with E-state index in [4.69, 9.17) is 15.0 Å². The Morgan fingerprint density at radius 1 is 0.392 bits per heavy atom. The van der Waals surface area contributed by atoms with Crippen LogP contribution in [-0.2, 0) is 21.7 Å². The molecule has 6 rings (SSSR count). The minimum Gasteiger partial charge on any atom is -0.235 e. The molecule has 3 aromatic heterocycles. The molecular weight excluding hydrogens is 679 g/mol. The number of aromatic nitrogens is 3. The summed E-state index contributed by atoms with van der Waals surface area (Å²) in [5.41, 5.74) is 11.8. The van der Waals surface area contributed by atoms with Crippen LogP contribution >= 0.6 is 34.0 Å². The summed E-state index contributed by atoms with van der Waals surface area (Å²) in [4.78, 5) is 19.6. The van der Waals surface area contributed by atoms with Gasteiger partial charge in [0.1, 0.15) is 26.4 Å².